The Morgan fingerprint density at radius 2 is 1.17 bits per heavy atom. The number of nitrogens with zero attached hydrogens (tertiary/aromatic N) is 1. The van der Waals surface area contributed by atoms with Crippen LogP contribution in [0.2, 0.25) is 0 Å². The van der Waals surface area contributed by atoms with E-state index in [4.69, 9.17) is 9.05 Å². The lowest BCUT2D eigenvalue weighted by molar-refractivity contribution is -0.870. The molecule has 1 amide bonds. The maximum absolute atomic E-state index is 12.5. The maximum atomic E-state index is 12.5. The minimum absolute atomic E-state index is 0.0768. The van der Waals surface area contributed by atoms with Crippen LogP contribution in [0.1, 0.15) is 149 Å². The van der Waals surface area contributed by atoms with E-state index >= 15 is 0 Å². The molecule has 3 N–H and O–H groups in total. The SMILES string of the molecule is CCCCCCCCCCCCCCCCCC(O)C(COP(=O)(O)OCC[N+](C)(C)C)NC(=O)CCCCCC. The first-order valence-corrected chi connectivity index (χ1v) is 18.4. The van der Waals surface area contributed by atoms with Crippen molar-refractivity contribution in [3.63, 3.8) is 0 Å². The zero-order valence-corrected chi connectivity index (χ0v) is 28.4. The van der Waals surface area contributed by atoms with Gasteiger partial charge in [-0.3, -0.25) is 13.8 Å². The lowest BCUT2D eigenvalue weighted by atomic mass is 10.0. The van der Waals surface area contributed by atoms with Gasteiger partial charge in [-0.15, -0.1) is 0 Å². The number of carbonyl (C=O) groups excluding carboxylic acids is 1. The number of carbonyl (C=O) groups is 1. The number of aliphatic hydroxyl groups is 1. The molecule has 8 nitrogen and oxygen atoms in total. The van der Waals surface area contributed by atoms with Gasteiger partial charge in [0.25, 0.3) is 0 Å². The highest BCUT2D eigenvalue weighted by Gasteiger charge is 2.28. The molecule has 3 unspecified atom stereocenters. The van der Waals surface area contributed by atoms with Crippen LogP contribution in [0, 0.1) is 0 Å². The van der Waals surface area contributed by atoms with Gasteiger partial charge in [0, 0.05) is 6.42 Å². The standard InChI is InChI=1S/C32H67N2O6P/c1-6-8-10-12-13-14-15-16-17-18-19-20-21-22-23-25-31(35)30(33-32(36)26-24-11-9-7-2)29-40-41(37,38)39-28-27-34(3,4)5/h30-31,35H,6-29H2,1-5H3,(H-,33,36,37,38)/p+1. The van der Waals surface area contributed by atoms with E-state index in [0.29, 0.717) is 23.9 Å². The van der Waals surface area contributed by atoms with Gasteiger partial charge >= 0.3 is 7.82 Å². The second-order valence-electron chi connectivity index (χ2n) is 12.9. The summed E-state index contributed by atoms with van der Waals surface area (Å²) in [6, 6.07) is -0.747. The Bertz CT molecular complexity index is 659. The van der Waals surface area contributed by atoms with Gasteiger partial charge in [-0.2, -0.15) is 0 Å². The van der Waals surface area contributed by atoms with Gasteiger partial charge in [-0.1, -0.05) is 129 Å². The lowest BCUT2D eigenvalue weighted by Crippen LogP contribution is -2.46. The van der Waals surface area contributed by atoms with Gasteiger partial charge in [0.15, 0.2) is 0 Å². The van der Waals surface area contributed by atoms with Crippen molar-refractivity contribution < 1.29 is 32.9 Å². The molecule has 0 aliphatic rings. The zero-order valence-electron chi connectivity index (χ0n) is 27.5. The van der Waals surface area contributed by atoms with E-state index in [-0.39, 0.29) is 19.1 Å². The summed E-state index contributed by atoms with van der Waals surface area (Å²) >= 11 is 0. The summed E-state index contributed by atoms with van der Waals surface area (Å²) in [5, 5.41) is 13.7. The topological polar surface area (TPSA) is 105 Å². The quantitative estimate of drug-likeness (QED) is 0.0435. The maximum Gasteiger partial charge on any atom is 0.472 e. The first-order chi connectivity index (χ1) is 19.5. The largest absolute Gasteiger partial charge is 0.472 e. The number of quaternary nitrogens is 1. The number of likely N-dealkylation sites (N-methyl/N-ethyl adjacent to an activating group) is 1. The molecule has 0 fully saturated rings. The fourth-order valence-electron chi connectivity index (χ4n) is 4.81. The number of aliphatic hydroxyl groups excluding tert-OH is 1. The molecule has 0 aromatic carbocycles. The first kappa shape index (κ1) is 40.5. The number of amides is 1. The van der Waals surface area contributed by atoms with Crippen molar-refractivity contribution >= 4 is 13.7 Å². The zero-order chi connectivity index (χ0) is 30.8. The average molecular weight is 608 g/mol. The second-order valence-corrected chi connectivity index (χ2v) is 14.4. The summed E-state index contributed by atoms with van der Waals surface area (Å²) in [4.78, 5) is 22.6. The Morgan fingerprint density at radius 3 is 1.63 bits per heavy atom. The second kappa shape index (κ2) is 25.9. The molecule has 0 aliphatic carbocycles. The highest BCUT2D eigenvalue weighted by molar-refractivity contribution is 7.47. The van der Waals surface area contributed by atoms with E-state index in [2.05, 4.69) is 19.2 Å². The van der Waals surface area contributed by atoms with E-state index in [0.717, 1.165) is 44.9 Å². The van der Waals surface area contributed by atoms with Gasteiger partial charge in [-0.25, -0.2) is 4.57 Å². The van der Waals surface area contributed by atoms with E-state index < -0.39 is 20.0 Å². The molecule has 0 aliphatic heterocycles. The number of hydrogen-bond acceptors (Lipinski definition) is 5. The molecule has 0 heterocycles. The fraction of sp³-hybridized carbons (Fsp3) is 0.969. The minimum Gasteiger partial charge on any atom is -0.391 e. The molecule has 0 aromatic rings. The third-order valence-electron chi connectivity index (χ3n) is 7.61. The molecule has 0 rings (SSSR count). The van der Waals surface area contributed by atoms with Crippen LogP contribution >= 0.6 is 7.82 Å². The van der Waals surface area contributed by atoms with E-state index in [1.165, 1.54) is 77.0 Å². The fourth-order valence-corrected chi connectivity index (χ4v) is 5.54. The van der Waals surface area contributed by atoms with Crippen LogP contribution in [0.15, 0.2) is 0 Å². The summed E-state index contributed by atoms with van der Waals surface area (Å²) in [5.74, 6) is -0.163. The Labute approximate surface area is 253 Å². The number of nitrogens with one attached hydrogen (secondary N) is 1. The smallest absolute Gasteiger partial charge is 0.391 e. The number of rotatable bonds is 30. The number of unbranched alkanes of at least 4 members (excludes halogenated alkanes) is 17. The monoisotopic (exact) mass is 607 g/mol. The summed E-state index contributed by atoms with van der Waals surface area (Å²) < 4.78 is 23.3. The van der Waals surface area contributed by atoms with Gasteiger partial charge < -0.3 is 19.8 Å². The Morgan fingerprint density at radius 1 is 0.732 bits per heavy atom. The van der Waals surface area contributed by atoms with Crippen LogP contribution in [0.3, 0.4) is 0 Å². The molecular formula is C32H68N2O6P+. The van der Waals surface area contributed by atoms with Gasteiger partial charge in [0.1, 0.15) is 13.2 Å². The minimum atomic E-state index is -4.28. The van der Waals surface area contributed by atoms with Crippen molar-refractivity contribution in [2.24, 2.45) is 0 Å². The summed E-state index contributed by atoms with van der Waals surface area (Å²) in [5.41, 5.74) is 0. The van der Waals surface area contributed by atoms with Crippen molar-refractivity contribution in [3.8, 4) is 0 Å². The van der Waals surface area contributed by atoms with E-state index in [9.17, 15) is 19.4 Å². The van der Waals surface area contributed by atoms with Crippen molar-refractivity contribution in [1.82, 2.24) is 5.32 Å². The molecule has 0 radical (unpaired) electrons. The molecule has 0 saturated heterocycles. The first-order valence-electron chi connectivity index (χ1n) is 16.9. The van der Waals surface area contributed by atoms with Crippen LogP contribution in [0.5, 0.6) is 0 Å². The third kappa shape index (κ3) is 28.1. The summed E-state index contributed by atoms with van der Waals surface area (Å²) in [6.45, 7) is 4.75. The van der Waals surface area contributed by atoms with Gasteiger partial charge in [-0.05, 0) is 12.8 Å². The van der Waals surface area contributed by atoms with Crippen LogP contribution in [-0.4, -0.2) is 73.4 Å². The van der Waals surface area contributed by atoms with E-state index in [1.54, 1.807) is 0 Å². The molecule has 246 valence electrons. The van der Waals surface area contributed by atoms with E-state index in [1.807, 2.05) is 21.1 Å². The van der Waals surface area contributed by atoms with Gasteiger partial charge in [0.05, 0.1) is 39.9 Å². The Hall–Kier alpha value is -0.500. The van der Waals surface area contributed by atoms with Gasteiger partial charge in [0.2, 0.25) is 5.91 Å². The van der Waals surface area contributed by atoms with Crippen LogP contribution in [0.4, 0.5) is 0 Å². The van der Waals surface area contributed by atoms with Crippen LogP contribution in [0.25, 0.3) is 0 Å². The highest BCUT2D eigenvalue weighted by Crippen LogP contribution is 2.43. The molecule has 0 spiro atoms. The van der Waals surface area contributed by atoms with Crippen molar-refractivity contribution in [1.29, 1.82) is 0 Å². The molecule has 0 saturated carbocycles. The van der Waals surface area contributed by atoms with Crippen LogP contribution < -0.4 is 5.32 Å². The third-order valence-corrected chi connectivity index (χ3v) is 8.59. The van der Waals surface area contributed by atoms with Crippen molar-refractivity contribution in [2.75, 3.05) is 40.9 Å². The summed E-state index contributed by atoms with van der Waals surface area (Å²) in [7, 11) is 1.61. The summed E-state index contributed by atoms with van der Waals surface area (Å²) in [6.07, 6.45) is 23.1. The predicted octanol–water partition coefficient (Wildman–Crippen LogP) is 7.90. The lowest BCUT2D eigenvalue weighted by Gasteiger charge is -2.26. The normalized spacial score (nSPS) is 15.0. The molecule has 0 aromatic heterocycles. The predicted molar refractivity (Wildman–Crippen MR) is 171 cm³/mol. The number of phosphoric ester groups is 1. The Kier molecular flexibility index (Phi) is 25.6. The number of phosphoric acid groups is 1. The molecule has 3 atom stereocenters. The average Bonchev–Trinajstić information content (AvgIpc) is 2.90. The molecular weight excluding hydrogens is 539 g/mol. The van der Waals surface area contributed by atoms with Crippen molar-refractivity contribution in [2.45, 2.75) is 161 Å². The molecule has 9 heteroatoms. The van der Waals surface area contributed by atoms with Crippen LogP contribution in [-0.2, 0) is 18.4 Å². The number of hydrogen-bond donors (Lipinski definition) is 3. The Balaban J connectivity index is 4.31. The highest BCUT2D eigenvalue weighted by atomic mass is 31.2. The van der Waals surface area contributed by atoms with Crippen molar-refractivity contribution in [3.05, 3.63) is 0 Å². The molecule has 41 heavy (non-hydrogen) atoms. The molecule has 0 bridgehead atoms.